The largest absolute Gasteiger partial charge is 0.332 e. The fourth-order valence-corrected chi connectivity index (χ4v) is 3.46. The van der Waals surface area contributed by atoms with Crippen LogP contribution in [0, 0.1) is 0 Å². The lowest BCUT2D eigenvalue weighted by Crippen LogP contribution is -2.05. The van der Waals surface area contributed by atoms with Gasteiger partial charge in [0.15, 0.2) is 6.29 Å². The number of aromatic nitrogens is 3. The standard InChI is InChI=1S/C14H11N3O.C10H8O/c18-10-13-7-11-3-1-2-4-14(11)17(13)9-12-8-15-5-6-16-12;11-7-8-5-9-3-1-2-4-10(9)6-8/h1-8,10H,9H2;1-5,7H,6H2. The van der Waals surface area contributed by atoms with Gasteiger partial charge in [0, 0.05) is 29.7 Å². The minimum absolute atomic E-state index is 0.551. The molecule has 0 aliphatic heterocycles. The predicted octanol–water partition coefficient (Wildman–Crippen LogP) is 4.12. The van der Waals surface area contributed by atoms with Gasteiger partial charge in [-0.3, -0.25) is 19.6 Å². The van der Waals surface area contributed by atoms with Crippen LogP contribution in [0.2, 0.25) is 0 Å². The van der Waals surface area contributed by atoms with E-state index in [-0.39, 0.29) is 0 Å². The van der Waals surface area contributed by atoms with E-state index in [1.807, 2.05) is 59.2 Å². The molecule has 0 saturated heterocycles. The van der Waals surface area contributed by atoms with Crippen LogP contribution in [0.1, 0.15) is 27.3 Å². The zero-order chi connectivity index (χ0) is 20.1. The Bertz CT molecular complexity index is 1190. The van der Waals surface area contributed by atoms with Gasteiger partial charge in [-0.25, -0.2) is 0 Å². The maximum absolute atomic E-state index is 11.1. The third kappa shape index (κ3) is 4.04. The number of hydrogen-bond donors (Lipinski definition) is 0. The summed E-state index contributed by atoms with van der Waals surface area (Å²) in [6, 6.07) is 17.9. The second-order valence-electron chi connectivity index (χ2n) is 6.74. The number of aldehydes is 2. The predicted molar refractivity (Wildman–Crippen MR) is 113 cm³/mol. The average molecular weight is 381 g/mol. The molecule has 0 N–H and O–H groups in total. The van der Waals surface area contributed by atoms with Crippen molar-refractivity contribution in [3.8, 4) is 0 Å². The van der Waals surface area contributed by atoms with Gasteiger partial charge in [-0.05, 0) is 34.9 Å². The van der Waals surface area contributed by atoms with Crippen molar-refractivity contribution >= 4 is 29.6 Å². The third-order valence-electron chi connectivity index (χ3n) is 4.84. The summed E-state index contributed by atoms with van der Waals surface area (Å²) < 4.78 is 1.95. The summed E-state index contributed by atoms with van der Waals surface area (Å²) in [7, 11) is 0. The Kier molecular flexibility index (Phi) is 5.38. The third-order valence-corrected chi connectivity index (χ3v) is 4.84. The molecule has 1 aliphatic rings. The van der Waals surface area contributed by atoms with Crippen molar-refractivity contribution in [2.75, 3.05) is 0 Å². The number of para-hydroxylation sites is 1. The minimum atomic E-state index is 0.551. The lowest BCUT2D eigenvalue weighted by Gasteiger charge is -2.06. The highest BCUT2D eigenvalue weighted by Gasteiger charge is 2.10. The molecule has 0 spiro atoms. The van der Waals surface area contributed by atoms with Crippen molar-refractivity contribution in [2.45, 2.75) is 13.0 Å². The molecular weight excluding hydrogens is 362 g/mol. The lowest BCUT2D eigenvalue weighted by molar-refractivity contribution is -0.104. The Hall–Kier alpha value is -3.86. The van der Waals surface area contributed by atoms with E-state index in [9.17, 15) is 9.59 Å². The second-order valence-corrected chi connectivity index (χ2v) is 6.74. The SMILES string of the molecule is O=CC1=Cc2ccccc2C1.O=Cc1cc2ccccc2n1Cc1cnccn1. The first kappa shape index (κ1) is 18.5. The van der Waals surface area contributed by atoms with Gasteiger partial charge in [-0.2, -0.15) is 0 Å². The number of rotatable bonds is 4. The molecule has 2 aromatic heterocycles. The van der Waals surface area contributed by atoms with Crippen LogP contribution in [0.5, 0.6) is 0 Å². The molecule has 0 bridgehead atoms. The summed E-state index contributed by atoms with van der Waals surface area (Å²) in [5.74, 6) is 0. The molecular formula is C24H19N3O2. The van der Waals surface area contributed by atoms with E-state index in [1.165, 1.54) is 11.1 Å². The Morgan fingerprint density at radius 2 is 1.79 bits per heavy atom. The fourth-order valence-electron chi connectivity index (χ4n) is 3.46. The highest BCUT2D eigenvalue weighted by Crippen LogP contribution is 2.23. The van der Waals surface area contributed by atoms with E-state index in [4.69, 9.17) is 0 Å². The summed E-state index contributed by atoms with van der Waals surface area (Å²) >= 11 is 0. The van der Waals surface area contributed by atoms with E-state index in [0.717, 1.165) is 41.2 Å². The molecule has 5 nitrogen and oxygen atoms in total. The van der Waals surface area contributed by atoms with E-state index >= 15 is 0 Å². The molecule has 0 radical (unpaired) electrons. The number of carbonyl (C=O) groups is 2. The van der Waals surface area contributed by atoms with Crippen molar-refractivity contribution in [1.29, 1.82) is 0 Å². The minimum Gasteiger partial charge on any atom is -0.332 e. The molecule has 142 valence electrons. The highest BCUT2D eigenvalue weighted by atomic mass is 16.1. The Morgan fingerprint density at radius 3 is 2.55 bits per heavy atom. The summed E-state index contributed by atoms with van der Waals surface area (Å²) in [6.45, 7) is 0.551. The quantitative estimate of drug-likeness (QED) is 0.499. The van der Waals surface area contributed by atoms with Gasteiger partial charge in [0.2, 0.25) is 0 Å². The Labute approximate surface area is 168 Å². The normalized spacial score (nSPS) is 11.9. The number of allylic oxidation sites excluding steroid dienone is 1. The number of nitrogens with zero attached hydrogens (tertiary/aromatic N) is 3. The fraction of sp³-hybridized carbons (Fsp3) is 0.0833. The van der Waals surface area contributed by atoms with Gasteiger partial charge in [-0.1, -0.05) is 42.5 Å². The number of fused-ring (bicyclic) bond motifs is 2. The first-order valence-corrected chi connectivity index (χ1v) is 9.30. The summed E-state index contributed by atoms with van der Waals surface area (Å²) in [5, 5.41) is 1.06. The van der Waals surface area contributed by atoms with Crippen LogP contribution in [0.25, 0.3) is 17.0 Å². The molecule has 2 aromatic carbocycles. The maximum Gasteiger partial charge on any atom is 0.166 e. The first-order valence-electron chi connectivity index (χ1n) is 9.30. The summed E-state index contributed by atoms with van der Waals surface area (Å²) in [4.78, 5) is 29.8. The van der Waals surface area contributed by atoms with E-state index in [1.54, 1.807) is 18.6 Å². The van der Waals surface area contributed by atoms with Crippen LogP contribution in [0.15, 0.2) is 78.8 Å². The average Bonchev–Trinajstić information content (AvgIpc) is 3.36. The van der Waals surface area contributed by atoms with Crippen LogP contribution in [0.4, 0.5) is 0 Å². The zero-order valence-electron chi connectivity index (χ0n) is 15.7. The van der Waals surface area contributed by atoms with Crippen molar-refractivity contribution in [3.05, 3.63) is 101 Å². The van der Waals surface area contributed by atoms with Gasteiger partial charge in [0.05, 0.1) is 24.1 Å². The highest BCUT2D eigenvalue weighted by molar-refractivity contribution is 5.89. The van der Waals surface area contributed by atoms with E-state index in [2.05, 4.69) is 16.0 Å². The number of benzene rings is 2. The summed E-state index contributed by atoms with van der Waals surface area (Å²) in [5.41, 5.74) is 5.85. The van der Waals surface area contributed by atoms with Crippen LogP contribution >= 0.6 is 0 Å². The molecule has 4 aromatic rings. The smallest absolute Gasteiger partial charge is 0.166 e. The molecule has 0 amide bonds. The van der Waals surface area contributed by atoms with Crippen molar-refractivity contribution in [3.63, 3.8) is 0 Å². The molecule has 0 fully saturated rings. The maximum atomic E-state index is 11.1. The van der Waals surface area contributed by atoms with Gasteiger partial charge < -0.3 is 4.57 Å². The van der Waals surface area contributed by atoms with Gasteiger partial charge in [0.25, 0.3) is 0 Å². The van der Waals surface area contributed by atoms with Gasteiger partial charge >= 0.3 is 0 Å². The van der Waals surface area contributed by atoms with Crippen molar-refractivity contribution in [2.24, 2.45) is 0 Å². The topological polar surface area (TPSA) is 64.8 Å². The first-order chi connectivity index (χ1) is 14.3. The molecule has 5 heteroatoms. The Morgan fingerprint density at radius 1 is 0.966 bits per heavy atom. The van der Waals surface area contributed by atoms with Crippen molar-refractivity contribution < 1.29 is 9.59 Å². The van der Waals surface area contributed by atoms with Crippen LogP contribution in [-0.4, -0.2) is 27.1 Å². The molecule has 2 heterocycles. The molecule has 0 unspecified atom stereocenters. The van der Waals surface area contributed by atoms with Crippen LogP contribution < -0.4 is 0 Å². The monoisotopic (exact) mass is 381 g/mol. The van der Waals surface area contributed by atoms with E-state index < -0.39 is 0 Å². The van der Waals surface area contributed by atoms with Crippen molar-refractivity contribution in [1.82, 2.24) is 14.5 Å². The lowest BCUT2D eigenvalue weighted by atomic mass is 10.1. The number of hydrogen-bond acceptors (Lipinski definition) is 4. The molecule has 0 atom stereocenters. The molecule has 29 heavy (non-hydrogen) atoms. The number of carbonyl (C=O) groups excluding carboxylic acids is 2. The molecule has 1 aliphatic carbocycles. The molecule has 5 rings (SSSR count). The second kappa shape index (κ2) is 8.44. The van der Waals surface area contributed by atoms with Crippen LogP contribution in [-0.2, 0) is 17.8 Å². The molecule has 0 saturated carbocycles. The van der Waals surface area contributed by atoms with E-state index in [0.29, 0.717) is 12.2 Å². The van der Waals surface area contributed by atoms with Gasteiger partial charge in [0.1, 0.15) is 6.29 Å². The van der Waals surface area contributed by atoms with Gasteiger partial charge in [-0.15, -0.1) is 0 Å². The summed E-state index contributed by atoms with van der Waals surface area (Å²) in [6.07, 6.45) is 9.56. The Balaban J connectivity index is 0.000000159. The van der Waals surface area contributed by atoms with Crippen LogP contribution in [0.3, 0.4) is 0 Å². The zero-order valence-corrected chi connectivity index (χ0v) is 15.7.